The van der Waals surface area contributed by atoms with Crippen LogP contribution in [-0.2, 0) is 17.3 Å². The van der Waals surface area contributed by atoms with Crippen LogP contribution in [0.4, 0.5) is 13.2 Å². The SMILES string of the molecule is CCC(N)Cc1ccc(OCCCOC)c(C(F)(F)F)c1. The summed E-state index contributed by atoms with van der Waals surface area (Å²) in [6, 6.07) is 3.99. The Morgan fingerprint density at radius 1 is 1.24 bits per heavy atom. The average Bonchev–Trinajstić information content (AvgIpc) is 2.43. The lowest BCUT2D eigenvalue weighted by Gasteiger charge is -2.16. The van der Waals surface area contributed by atoms with E-state index in [0.717, 1.165) is 12.5 Å². The number of alkyl halides is 3. The zero-order valence-corrected chi connectivity index (χ0v) is 12.4. The van der Waals surface area contributed by atoms with Crippen LogP contribution in [-0.4, -0.2) is 26.4 Å². The molecule has 0 saturated carbocycles. The second-order valence-electron chi connectivity index (χ2n) is 4.90. The van der Waals surface area contributed by atoms with Crippen molar-refractivity contribution in [2.75, 3.05) is 20.3 Å². The van der Waals surface area contributed by atoms with Crippen LogP contribution in [0.25, 0.3) is 0 Å². The normalized spacial score (nSPS) is 13.2. The van der Waals surface area contributed by atoms with Crippen LogP contribution in [0, 0.1) is 0 Å². The van der Waals surface area contributed by atoms with Gasteiger partial charge in [0, 0.05) is 26.2 Å². The van der Waals surface area contributed by atoms with Crippen molar-refractivity contribution in [1.29, 1.82) is 0 Å². The third-order valence-corrected chi connectivity index (χ3v) is 3.12. The number of hydrogen-bond donors (Lipinski definition) is 1. The Kier molecular flexibility index (Phi) is 6.98. The first-order valence-electron chi connectivity index (χ1n) is 6.96. The molecule has 0 aliphatic heterocycles. The lowest BCUT2D eigenvalue weighted by atomic mass is 10.0. The minimum atomic E-state index is -4.44. The van der Waals surface area contributed by atoms with E-state index in [-0.39, 0.29) is 18.4 Å². The molecule has 1 aromatic rings. The molecule has 0 bridgehead atoms. The highest BCUT2D eigenvalue weighted by Gasteiger charge is 2.34. The van der Waals surface area contributed by atoms with Gasteiger partial charge in [0.1, 0.15) is 5.75 Å². The van der Waals surface area contributed by atoms with E-state index in [4.69, 9.17) is 15.2 Å². The summed E-state index contributed by atoms with van der Waals surface area (Å²) in [6.07, 6.45) is -2.76. The minimum Gasteiger partial charge on any atom is -0.493 e. The number of ether oxygens (including phenoxy) is 2. The van der Waals surface area contributed by atoms with E-state index in [0.29, 0.717) is 25.0 Å². The molecule has 1 rings (SSSR count). The molecule has 0 spiro atoms. The van der Waals surface area contributed by atoms with E-state index < -0.39 is 11.7 Å². The first-order chi connectivity index (χ1) is 9.88. The van der Waals surface area contributed by atoms with Crippen molar-refractivity contribution in [1.82, 2.24) is 0 Å². The molecule has 0 aliphatic carbocycles. The van der Waals surface area contributed by atoms with Gasteiger partial charge in [-0.25, -0.2) is 0 Å². The molecule has 0 amide bonds. The van der Waals surface area contributed by atoms with Gasteiger partial charge in [-0.05, 0) is 30.5 Å². The van der Waals surface area contributed by atoms with Crippen molar-refractivity contribution < 1.29 is 22.6 Å². The van der Waals surface area contributed by atoms with Crippen molar-refractivity contribution in [2.24, 2.45) is 5.73 Å². The number of halogens is 3. The molecule has 3 nitrogen and oxygen atoms in total. The molecule has 6 heteroatoms. The van der Waals surface area contributed by atoms with Crippen LogP contribution in [0.3, 0.4) is 0 Å². The average molecular weight is 305 g/mol. The van der Waals surface area contributed by atoms with Crippen LogP contribution in [0.15, 0.2) is 18.2 Å². The van der Waals surface area contributed by atoms with Gasteiger partial charge in [0.05, 0.1) is 12.2 Å². The highest BCUT2D eigenvalue weighted by molar-refractivity contribution is 5.39. The molecule has 0 radical (unpaired) electrons. The zero-order chi connectivity index (χ0) is 15.9. The molecule has 0 aromatic heterocycles. The second kappa shape index (κ2) is 8.24. The van der Waals surface area contributed by atoms with Crippen molar-refractivity contribution >= 4 is 0 Å². The summed E-state index contributed by atoms with van der Waals surface area (Å²) >= 11 is 0. The van der Waals surface area contributed by atoms with E-state index in [1.54, 1.807) is 6.07 Å². The molecule has 1 atom stereocenters. The monoisotopic (exact) mass is 305 g/mol. The Bertz CT molecular complexity index is 435. The van der Waals surface area contributed by atoms with Gasteiger partial charge in [-0.2, -0.15) is 13.2 Å². The topological polar surface area (TPSA) is 44.5 Å². The maximum atomic E-state index is 13.1. The summed E-state index contributed by atoms with van der Waals surface area (Å²) in [4.78, 5) is 0. The number of rotatable bonds is 8. The molecule has 21 heavy (non-hydrogen) atoms. The second-order valence-corrected chi connectivity index (χ2v) is 4.90. The Labute approximate surface area is 123 Å². The smallest absolute Gasteiger partial charge is 0.419 e. The molecule has 0 aliphatic rings. The molecular formula is C15H22F3NO2. The molecule has 2 N–H and O–H groups in total. The molecule has 1 aromatic carbocycles. The molecule has 0 saturated heterocycles. The minimum absolute atomic E-state index is 0.139. The van der Waals surface area contributed by atoms with Crippen molar-refractivity contribution in [3.05, 3.63) is 29.3 Å². The first-order valence-corrected chi connectivity index (χ1v) is 6.96. The summed E-state index contributed by atoms with van der Waals surface area (Å²) in [5.74, 6) is -0.146. The maximum Gasteiger partial charge on any atom is 0.419 e. The van der Waals surface area contributed by atoms with Gasteiger partial charge in [0.25, 0.3) is 0 Å². The molecule has 0 fully saturated rings. The lowest BCUT2D eigenvalue weighted by Crippen LogP contribution is -2.21. The number of hydrogen-bond acceptors (Lipinski definition) is 3. The zero-order valence-electron chi connectivity index (χ0n) is 12.4. The van der Waals surface area contributed by atoms with E-state index in [2.05, 4.69) is 0 Å². The van der Waals surface area contributed by atoms with E-state index in [9.17, 15) is 13.2 Å². The van der Waals surface area contributed by atoms with Gasteiger partial charge < -0.3 is 15.2 Å². The molecule has 120 valence electrons. The highest BCUT2D eigenvalue weighted by atomic mass is 19.4. The number of nitrogens with two attached hydrogens (primary N) is 1. The van der Waals surface area contributed by atoms with E-state index in [1.807, 2.05) is 6.92 Å². The van der Waals surface area contributed by atoms with Gasteiger partial charge in [-0.15, -0.1) is 0 Å². The third kappa shape index (κ3) is 5.93. The van der Waals surface area contributed by atoms with Gasteiger partial charge in [0.15, 0.2) is 0 Å². The van der Waals surface area contributed by atoms with Gasteiger partial charge in [0.2, 0.25) is 0 Å². The van der Waals surface area contributed by atoms with Crippen LogP contribution in [0.5, 0.6) is 5.75 Å². The Balaban J connectivity index is 2.87. The first kappa shape index (κ1) is 17.8. The standard InChI is InChI=1S/C15H22F3NO2/c1-3-12(19)9-11-5-6-14(21-8-4-7-20-2)13(10-11)15(16,17)18/h5-6,10,12H,3-4,7-9,19H2,1-2H3. The number of benzene rings is 1. The van der Waals surface area contributed by atoms with E-state index >= 15 is 0 Å². The predicted octanol–water partition coefficient (Wildman–Crippen LogP) is 3.40. The van der Waals surface area contributed by atoms with Crippen molar-refractivity contribution in [3.8, 4) is 5.75 Å². The van der Waals surface area contributed by atoms with Gasteiger partial charge >= 0.3 is 6.18 Å². The highest BCUT2D eigenvalue weighted by Crippen LogP contribution is 2.37. The summed E-state index contributed by atoms with van der Waals surface area (Å²) in [5, 5.41) is 0. The summed E-state index contributed by atoms with van der Waals surface area (Å²) < 4.78 is 49.3. The number of methoxy groups -OCH3 is 1. The van der Waals surface area contributed by atoms with Crippen LogP contribution in [0.2, 0.25) is 0 Å². The lowest BCUT2D eigenvalue weighted by molar-refractivity contribution is -0.139. The fourth-order valence-corrected chi connectivity index (χ4v) is 1.88. The molecule has 0 heterocycles. The fraction of sp³-hybridized carbons (Fsp3) is 0.600. The van der Waals surface area contributed by atoms with E-state index in [1.165, 1.54) is 13.2 Å². The third-order valence-electron chi connectivity index (χ3n) is 3.12. The Morgan fingerprint density at radius 2 is 1.95 bits per heavy atom. The summed E-state index contributed by atoms with van der Waals surface area (Å²) in [7, 11) is 1.53. The quantitative estimate of drug-likeness (QED) is 0.749. The predicted molar refractivity (Wildman–Crippen MR) is 75.4 cm³/mol. The Morgan fingerprint density at radius 3 is 2.52 bits per heavy atom. The van der Waals surface area contributed by atoms with Crippen LogP contribution >= 0.6 is 0 Å². The summed E-state index contributed by atoms with van der Waals surface area (Å²) in [6.45, 7) is 2.54. The van der Waals surface area contributed by atoms with Crippen molar-refractivity contribution in [2.45, 2.75) is 38.4 Å². The molecular weight excluding hydrogens is 283 g/mol. The van der Waals surface area contributed by atoms with Crippen LogP contribution in [0.1, 0.15) is 30.9 Å². The van der Waals surface area contributed by atoms with Crippen LogP contribution < -0.4 is 10.5 Å². The van der Waals surface area contributed by atoms with Gasteiger partial charge in [-0.3, -0.25) is 0 Å². The van der Waals surface area contributed by atoms with Crippen molar-refractivity contribution in [3.63, 3.8) is 0 Å². The van der Waals surface area contributed by atoms with Gasteiger partial charge in [-0.1, -0.05) is 13.0 Å². The summed E-state index contributed by atoms with van der Waals surface area (Å²) in [5.41, 5.74) is 5.61. The fourth-order valence-electron chi connectivity index (χ4n) is 1.88. The largest absolute Gasteiger partial charge is 0.493 e. The Hall–Kier alpha value is -1.27. The maximum absolute atomic E-state index is 13.1. The molecule has 1 unspecified atom stereocenters.